The van der Waals surface area contributed by atoms with Crippen LogP contribution in [0.1, 0.15) is 32.6 Å². The van der Waals surface area contributed by atoms with E-state index >= 15 is 0 Å². The predicted octanol–water partition coefficient (Wildman–Crippen LogP) is 2.40. The van der Waals surface area contributed by atoms with Crippen LogP contribution in [0.25, 0.3) is 0 Å². The summed E-state index contributed by atoms with van der Waals surface area (Å²) in [6, 6.07) is 0.423. The Hall–Kier alpha value is -0.290. The highest BCUT2D eigenvalue weighted by atomic mass is 19.4. The van der Waals surface area contributed by atoms with E-state index in [4.69, 9.17) is 0 Å². The molecule has 16 heavy (non-hydrogen) atoms. The van der Waals surface area contributed by atoms with Gasteiger partial charge in [0, 0.05) is 19.0 Å². The molecule has 0 aromatic heterocycles. The Bertz CT molecular complexity index is 188. The van der Waals surface area contributed by atoms with Crippen LogP contribution in [0.2, 0.25) is 0 Å². The zero-order chi connectivity index (χ0) is 12.0. The van der Waals surface area contributed by atoms with Crippen molar-refractivity contribution in [3.05, 3.63) is 0 Å². The van der Waals surface area contributed by atoms with Gasteiger partial charge in [-0.05, 0) is 38.9 Å². The summed E-state index contributed by atoms with van der Waals surface area (Å²) in [5.74, 6) is 0. The number of piperidine rings is 1. The van der Waals surface area contributed by atoms with Gasteiger partial charge in [-0.2, -0.15) is 13.2 Å². The van der Waals surface area contributed by atoms with Gasteiger partial charge in [-0.1, -0.05) is 6.92 Å². The molecule has 1 N–H and O–H groups in total. The highest BCUT2D eigenvalue weighted by Gasteiger charge is 2.27. The highest BCUT2D eigenvalue weighted by Crippen LogP contribution is 2.22. The van der Waals surface area contributed by atoms with E-state index in [2.05, 4.69) is 10.2 Å². The first-order chi connectivity index (χ1) is 7.53. The third-order valence-corrected chi connectivity index (χ3v) is 3.10. The van der Waals surface area contributed by atoms with E-state index in [0.717, 1.165) is 32.5 Å². The maximum Gasteiger partial charge on any atom is 0.389 e. The minimum atomic E-state index is -4.01. The fraction of sp³-hybridized carbons (Fsp3) is 1.00. The zero-order valence-electron chi connectivity index (χ0n) is 9.82. The van der Waals surface area contributed by atoms with Gasteiger partial charge in [0.05, 0.1) is 0 Å². The van der Waals surface area contributed by atoms with Crippen molar-refractivity contribution < 1.29 is 13.2 Å². The van der Waals surface area contributed by atoms with Crippen molar-refractivity contribution in [2.75, 3.05) is 26.2 Å². The van der Waals surface area contributed by atoms with Crippen molar-refractivity contribution in [1.29, 1.82) is 0 Å². The number of nitrogens with zero attached hydrogens (tertiary/aromatic N) is 1. The molecular weight excluding hydrogens is 217 g/mol. The van der Waals surface area contributed by atoms with Crippen molar-refractivity contribution >= 4 is 0 Å². The summed E-state index contributed by atoms with van der Waals surface area (Å²) in [4.78, 5) is 2.16. The number of rotatable bonds is 5. The van der Waals surface area contributed by atoms with Crippen LogP contribution in [-0.4, -0.2) is 43.3 Å². The number of nitrogens with one attached hydrogen (secondary N) is 1. The average molecular weight is 238 g/mol. The molecule has 0 saturated carbocycles. The van der Waals surface area contributed by atoms with Crippen molar-refractivity contribution in [2.24, 2.45) is 0 Å². The van der Waals surface area contributed by atoms with Crippen LogP contribution in [0.3, 0.4) is 0 Å². The predicted molar refractivity (Wildman–Crippen MR) is 58.4 cm³/mol. The van der Waals surface area contributed by atoms with Crippen LogP contribution >= 0.6 is 0 Å². The van der Waals surface area contributed by atoms with E-state index in [0.29, 0.717) is 12.6 Å². The smallest absolute Gasteiger partial charge is 0.315 e. The van der Waals surface area contributed by atoms with E-state index in [1.54, 1.807) is 0 Å². The molecule has 0 radical (unpaired) electrons. The van der Waals surface area contributed by atoms with Gasteiger partial charge in [-0.25, -0.2) is 0 Å². The number of hydrogen-bond donors (Lipinski definition) is 1. The Labute approximate surface area is 95.2 Å². The molecule has 2 nitrogen and oxygen atoms in total. The monoisotopic (exact) mass is 238 g/mol. The van der Waals surface area contributed by atoms with Gasteiger partial charge in [0.15, 0.2) is 0 Å². The minimum absolute atomic E-state index is 0.216. The van der Waals surface area contributed by atoms with Crippen molar-refractivity contribution in [2.45, 2.75) is 44.8 Å². The summed E-state index contributed by atoms with van der Waals surface area (Å²) >= 11 is 0. The Kier molecular flexibility index (Phi) is 5.55. The summed E-state index contributed by atoms with van der Waals surface area (Å²) < 4.78 is 36.1. The van der Waals surface area contributed by atoms with Crippen molar-refractivity contribution in [1.82, 2.24) is 10.2 Å². The van der Waals surface area contributed by atoms with E-state index in [1.165, 1.54) is 0 Å². The molecule has 5 heteroatoms. The average Bonchev–Trinajstić information content (AvgIpc) is 2.24. The summed E-state index contributed by atoms with van der Waals surface area (Å²) in [5.41, 5.74) is 0. The Morgan fingerprint density at radius 1 is 1.38 bits per heavy atom. The fourth-order valence-electron chi connectivity index (χ4n) is 2.23. The molecule has 1 atom stereocenters. The van der Waals surface area contributed by atoms with Crippen LogP contribution in [-0.2, 0) is 0 Å². The van der Waals surface area contributed by atoms with Crippen LogP contribution in [0.4, 0.5) is 13.2 Å². The largest absolute Gasteiger partial charge is 0.389 e. The number of alkyl halides is 3. The third-order valence-electron chi connectivity index (χ3n) is 3.10. The molecule has 1 saturated heterocycles. The SMILES string of the molecule is CCN(CCCC(F)(F)F)C1CCCNC1. The summed E-state index contributed by atoms with van der Waals surface area (Å²) in [6.07, 6.45) is -2.23. The normalized spacial score (nSPS) is 22.7. The van der Waals surface area contributed by atoms with Gasteiger partial charge < -0.3 is 5.32 Å². The second-order valence-corrected chi connectivity index (χ2v) is 4.35. The molecule has 0 bridgehead atoms. The Morgan fingerprint density at radius 3 is 2.62 bits per heavy atom. The van der Waals surface area contributed by atoms with Gasteiger partial charge in [-0.3, -0.25) is 4.90 Å². The molecule has 1 heterocycles. The van der Waals surface area contributed by atoms with Gasteiger partial charge in [0.25, 0.3) is 0 Å². The van der Waals surface area contributed by atoms with Crippen LogP contribution < -0.4 is 5.32 Å². The van der Waals surface area contributed by atoms with Crippen molar-refractivity contribution in [3.63, 3.8) is 0 Å². The Morgan fingerprint density at radius 2 is 2.12 bits per heavy atom. The topological polar surface area (TPSA) is 15.3 Å². The lowest BCUT2D eigenvalue weighted by Crippen LogP contribution is -2.46. The second-order valence-electron chi connectivity index (χ2n) is 4.35. The van der Waals surface area contributed by atoms with E-state index in [-0.39, 0.29) is 6.42 Å². The van der Waals surface area contributed by atoms with Gasteiger partial charge in [0.1, 0.15) is 0 Å². The van der Waals surface area contributed by atoms with E-state index in [9.17, 15) is 13.2 Å². The van der Waals surface area contributed by atoms with Crippen molar-refractivity contribution in [3.8, 4) is 0 Å². The maximum atomic E-state index is 12.0. The molecule has 1 unspecified atom stereocenters. The van der Waals surface area contributed by atoms with Crippen LogP contribution in [0.15, 0.2) is 0 Å². The summed E-state index contributed by atoms with van der Waals surface area (Å²) in [6.45, 7) is 5.37. The molecule has 0 aliphatic carbocycles. The van der Waals surface area contributed by atoms with Gasteiger partial charge in [-0.15, -0.1) is 0 Å². The molecule has 1 aliphatic heterocycles. The third kappa shape index (κ3) is 5.16. The second kappa shape index (κ2) is 6.45. The molecule has 0 amide bonds. The fourth-order valence-corrected chi connectivity index (χ4v) is 2.23. The molecule has 96 valence electrons. The van der Waals surface area contributed by atoms with Gasteiger partial charge >= 0.3 is 6.18 Å². The zero-order valence-corrected chi connectivity index (χ0v) is 9.82. The Balaban J connectivity index is 2.25. The van der Waals surface area contributed by atoms with E-state index < -0.39 is 12.6 Å². The lowest BCUT2D eigenvalue weighted by molar-refractivity contribution is -0.136. The van der Waals surface area contributed by atoms with Gasteiger partial charge in [0.2, 0.25) is 0 Å². The summed E-state index contributed by atoms with van der Waals surface area (Å²) in [5, 5.41) is 3.29. The quantitative estimate of drug-likeness (QED) is 0.791. The highest BCUT2D eigenvalue weighted by molar-refractivity contribution is 4.77. The maximum absolute atomic E-state index is 12.0. The molecule has 0 aromatic rings. The number of likely N-dealkylation sites (N-methyl/N-ethyl adjacent to an activating group) is 1. The molecule has 1 rings (SSSR count). The first kappa shape index (κ1) is 13.8. The first-order valence-corrected chi connectivity index (χ1v) is 6.04. The minimum Gasteiger partial charge on any atom is -0.315 e. The molecular formula is C11H21F3N2. The number of halogens is 3. The lowest BCUT2D eigenvalue weighted by atomic mass is 10.1. The standard InChI is InChI=1S/C11H21F3N2/c1-2-16(8-4-6-11(12,13)14)10-5-3-7-15-9-10/h10,15H,2-9H2,1H3. The molecule has 1 aliphatic rings. The van der Waals surface area contributed by atoms with Crippen LogP contribution in [0, 0.1) is 0 Å². The lowest BCUT2D eigenvalue weighted by Gasteiger charge is -2.34. The molecule has 0 aromatic carbocycles. The first-order valence-electron chi connectivity index (χ1n) is 6.04. The summed E-state index contributed by atoms with van der Waals surface area (Å²) in [7, 11) is 0. The molecule has 1 fully saturated rings. The van der Waals surface area contributed by atoms with E-state index in [1.807, 2.05) is 6.92 Å². The number of hydrogen-bond acceptors (Lipinski definition) is 2. The van der Waals surface area contributed by atoms with Crippen LogP contribution in [0.5, 0.6) is 0 Å². The molecule has 0 spiro atoms.